The van der Waals surface area contributed by atoms with E-state index >= 15 is 0 Å². The Hall–Kier alpha value is -3.54. The topological polar surface area (TPSA) is 67.8 Å². The van der Waals surface area contributed by atoms with Crippen LogP contribution in [0.25, 0.3) is 0 Å². The van der Waals surface area contributed by atoms with E-state index in [9.17, 15) is 0 Å². The second kappa shape index (κ2) is 10.7. The van der Waals surface area contributed by atoms with E-state index in [2.05, 4.69) is 20.6 Å². The molecule has 0 amide bonds. The molecule has 0 aliphatic carbocycles. The molecule has 0 spiro atoms. The van der Waals surface area contributed by atoms with Crippen molar-refractivity contribution in [1.82, 2.24) is 15.6 Å². The summed E-state index contributed by atoms with van der Waals surface area (Å²) in [6.07, 6.45) is 1.75. The predicted octanol–water partition coefficient (Wildman–Crippen LogP) is 3.53. The number of aliphatic imine (C=N–C) groups is 1. The zero-order valence-electron chi connectivity index (χ0n) is 16.8. The molecule has 3 rings (SSSR count). The fraction of sp³-hybridized carbons (Fsp3) is 0.217. The van der Waals surface area contributed by atoms with Gasteiger partial charge in [-0.25, -0.2) is 4.98 Å². The van der Waals surface area contributed by atoms with Gasteiger partial charge in [-0.2, -0.15) is 0 Å². The molecule has 6 heteroatoms. The first-order valence-electron chi connectivity index (χ1n) is 9.46. The van der Waals surface area contributed by atoms with Crippen LogP contribution in [-0.2, 0) is 19.7 Å². The third-order valence-corrected chi connectivity index (χ3v) is 4.33. The maximum absolute atomic E-state index is 5.80. The number of nitrogens with zero attached hydrogens (tertiary/aromatic N) is 2. The number of guanidine groups is 1. The van der Waals surface area contributed by atoms with Crippen molar-refractivity contribution < 1.29 is 9.47 Å². The molecule has 0 bridgehead atoms. The zero-order chi connectivity index (χ0) is 20.3. The fourth-order valence-corrected chi connectivity index (χ4v) is 2.71. The van der Waals surface area contributed by atoms with Crippen molar-refractivity contribution in [2.75, 3.05) is 14.2 Å². The number of benzene rings is 2. The average Bonchev–Trinajstić information content (AvgIpc) is 2.79. The summed E-state index contributed by atoms with van der Waals surface area (Å²) in [7, 11) is 3.42. The number of hydrogen-bond acceptors (Lipinski definition) is 4. The van der Waals surface area contributed by atoms with Crippen LogP contribution in [0.2, 0.25) is 0 Å². The highest BCUT2D eigenvalue weighted by atomic mass is 16.5. The van der Waals surface area contributed by atoms with Gasteiger partial charge >= 0.3 is 0 Å². The third kappa shape index (κ3) is 6.53. The van der Waals surface area contributed by atoms with E-state index in [1.807, 2.05) is 66.7 Å². The molecule has 1 aromatic heterocycles. The molecule has 0 saturated heterocycles. The van der Waals surface area contributed by atoms with Gasteiger partial charge in [0, 0.05) is 32.4 Å². The van der Waals surface area contributed by atoms with Crippen LogP contribution in [0.15, 0.2) is 77.9 Å². The first-order valence-corrected chi connectivity index (χ1v) is 9.46. The summed E-state index contributed by atoms with van der Waals surface area (Å²) in [6.45, 7) is 1.79. The quantitative estimate of drug-likeness (QED) is 0.455. The Morgan fingerprint density at radius 1 is 0.897 bits per heavy atom. The highest BCUT2D eigenvalue weighted by molar-refractivity contribution is 5.79. The molecule has 0 saturated carbocycles. The van der Waals surface area contributed by atoms with E-state index in [4.69, 9.17) is 9.47 Å². The summed E-state index contributed by atoms with van der Waals surface area (Å²) >= 11 is 0. The van der Waals surface area contributed by atoms with Gasteiger partial charge in [0.2, 0.25) is 5.88 Å². The number of nitrogens with one attached hydrogen (secondary N) is 2. The van der Waals surface area contributed by atoms with Crippen LogP contribution in [0.1, 0.15) is 16.7 Å². The molecular weight excluding hydrogens is 364 g/mol. The van der Waals surface area contributed by atoms with Crippen molar-refractivity contribution in [1.29, 1.82) is 0 Å². The molecule has 0 unspecified atom stereocenters. The Morgan fingerprint density at radius 2 is 1.62 bits per heavy atom. The molecular formula is C23H26N4O2. The molecule has 2 aromatic carbocycles. The van der Waals surface area contributed by atoms with Crippen LogP contribution in [-0.4, -0.2) is 25.1 Å². The highest BCUT2D eigenvalue weighted by Crippen LogP contribution is 2.12. The maximum atomic E-state index is 5.80. The lowest BCUT2D eigenvalue weighted by Crippen LogP contribution is -2.36. The summed E-state index contributed by atoms with van der Waals surface area (Å²) in [5, 5.41) is 6.62. The van der Waals surface area contributed by atoms with Crippen molar-refractivity contribution in [2.24, 2.45) is 4.99 Å². The molecule has 0 aliphatic heterocycles. The van der Waals surface area contributed by atoms with Crippen LogP contribution < -0.4 is 20.1 Å². The van der Waals surface area contributed by atoms with E-state index in [1.54, 1.807) is 20.4 Å². The molecule has 0 atom stereocenters. The smallest absolute Gasteiger partial charge is 0.213 e. The Kier molecular flexibility index (Phi) is 7.46. The Labute approximate surface area is 171 Å². The Balaban J connectivity index is 1.48. The lowest BCUT2D eigenvalue weighted by molar-refractivity contribution is 0.293. The second-order valence-electron chi connectivity index (χ2n) is 6.40. The number of aromatic nitrogens is 1. The lowest BCUT2D eigenvalue weighted by atomic mass is 10.2. The minimum Gasteiger partial charge on any atom is -0.497 e. The van der Waals surface area contributed by atoms with Gasteiger partial charge in [0.1, 0.15) is 12.4 Å². The molecule has 0 fully saturated rings. The van der Waals surface area contributed by atoms with Gasteiger partial charge in [-0.15, -0.1) is 0 Å². The van der Waals surface area contributed by atoms with Gasteiger partial charge in [-0.3, -0.25) is 4.99 Å². The van der Waals surface area contributed by atoms with E-state index < -0.39 is 0 Å². The Morgan fingerprint density at radius 3 is 2.31 bits per heavy atom. The van der Waals surface area contributed by atoms with Gasteiger partial charge in [0.05, 0.1) is 7.11 Å². The molecule has 29 heavy (non-hydrogen) atoms. The molecule has 6 nitrogen and oxygen atoms in total. The van der Waals surface area contributed by atoms with E-state index in [-0.39, 0.29) is 0 Å². The molecule has 2 N–H and O–H groups in total. The summed E-state index contributed by atoms with van der Waals surface area (Å²) in [5.74, 6) is 2.18. The van der Waals surface area contributed by atoms with Crippen molar-refractivity contribution in [3.05, 3.63) is 89.6 Å². The van der Waals surface area contributed by atoms with Crippen LogP contribution in [0.5, 0.6) is 11.6 Å². The summed E-state index contributed by atoms with van der Waals surface area (Å²) in [4.78, 5) is 8.56. The minimum absolute atomic E-state index is 0.496. The SMILES string of the molecule is CN=C(NCc1ccc(OC)cc1)NCc1ccnc(OCc2ccccc2)c1. The summed E-state index contributed by atoms with van der Waals surface area (Å²) < 4.78 is 11.0. The van der Waals surface area contributed by atoms with Gasteiger partial charge in [-0.05, 0) is 34.9 Å². The van der Waals surface area contributed by atoms with Crippen LogP contribution in [0, 0.1) is 0 Å². The van der Waals surface area contributed by atoms with Crippen LogP contribution in [0.4, 0.5) is 0 Å². The van der Waals surface area contributed by atoms with E-state index in [1.165, 1.54) is 0 Å². The normalized spacial score (nSPS) is 11.0. The van der Waals surface area contributed by atoms with E-state index in [0.29, 0.717) is 25.6 Å². The first-order chi connectivity index (χ1) is 14.3. The minimum atomic E-state index is 0.496. The Bertz CT molecular complexity index is 912. The molecule has 0 radical (unpaired) electrons. The van der Waals surface area contributed by atoms with Crippen molar-refractivity contribution in [2.45, 2.75) is 19.7 Å². The second-order valence-corrected chi connectivity index (χ2v) is 6.40. The van der Waals surface area contributed by atoms with Gasteiger partial charge < -0.3 is 20.1 Å². The highest BCUT2D eigenvalue weighted by Gasteiger charge is 2.03. The van der Waals surface area contributed by atoms with Gasteiger partial charge in [0.25, 0.3) is 0 Å². The number of rotatable bonds is 8. The van der Waals surface area contributed by atoms with E-state index in [0.717, 1.165) is 28.4 Å². The lowest BCUT2D eigenvalue weighted by Gasteiger charge is -2.13. The standard InChI is InChI=1S/C23H26N4O2/c1-24-23(26-15-18-8-10-21(28-2)11-9-18)27-16-20-12-13-25-22(14-20)29-17-19-6-4-3-5-7-19/h3-14H,15-17H2,1-2H3,(H2,24,26,27). The van der Waals surface area contributed by atoms with Crippen molar-refractivity contribution in [3.8, 4) is 11.6 Å². The number of ether oxygens (including phenoxy) is 2. The fourth-order valence-electron chi connectivity index (χ4n) is 2.71. The maximum Gasteiger partial charge on any atom is 0.213 e. The van der Waals surface area contributed by atoms with Gasteiger partial charge in [-0.1, -0.05) is 42.5 Å². The molecule has 1 heterocycles. The van der Waals surface area contributed by atoms with Crippen molar-refractivity contribution >= 4 is 5.96 Å². The molecule has 3 aromatic rings. The number of hydrogen-bond donors (Lipinski definition) is 2. The molecule has 0 aliphatic rings. The van der Waals surface area contributed by atoms with Crippen LogP contribution >= 0.6 is 0 Å². The third-order valence-electron chi connectivity index (χ3n) is 4.33. The molecule has 150 valence electrons. The zero-order valence-corrected chi connectivity index (χ0v) is 16.8. The monoisotopic (exact) mass is 390 g/mol. The largest absolute Gasteiger partial charge is 0.497 e. The first kappa shape index (κ1) is 20.2. The summed E-state index contributed by atoms with van der Waals surface area (Å²) in [6, 6.07) is 21.9. The van der Waals surface area contributed by atoms with Crippen molar-refractivity contribution in [3.63, 3.8) is 0 Å². The number of pyridine rings is 1. The average molecular weight is 390 g/mol. The van der Waals surface area contributed by atoms with Crippen LogP contribution in [0.3, 0.4) is 0 Å². The summed E-state index contributed by atoms with van der Waals surface area (Å²) in [5.41, 5.74) is 3.32. The number of methoxy groups -OCH3 is 1. The van der Waals surface area contributed by atoms with Gasteiger partial charge in [0.15, 0.2) is 5.96 Å². The predicted molar refractivity (Wildman–Crippen MR) is 115 cm³/mol.